The number of rotatable bonds is 13. The van der Waals surface area contributed by atoms with Gasteiger partial charge in [0.15, 0.2) is 0 Å². The third kappa shape index (κ3) is 15.9. The van der Waals surface area contributed by atoms with E-state index in [4.69, 9.17) is 5.73 Å². The van der Waals surface area contributed by atoms with Crippen LogP contribution in [0.3, 0.4) is 0 Å². The minimum absolute atomic E-state index is 0. The van der Waals surface area contributed by atoms with E-state index >= 15 is 0 Å². The molecule has 0 saturated heterocycles. The number of hydrogen-bond acceptors (Lipinski definition) is 4. The molecule has 0 aliphatic heterocycles. The van der Waals surface area contributed by atoms with E-state index in [1.54, 1.807) is 0 Å². The van der Waals surface area contributed by atoms with Crippen LogP contribution in [-0.4, -0.2) is 55.2 Å². The fourth-order valence-electron chi connectivity index (χ4n) is 4.69. The maximum atomic E-state index is 11.7. The van der Waals surface area contributed by atoms with Crippen LogP contribution >= 0.6 is 0 Å². The molecule has 0 aromatic heterocycles. The van der Waals surface area contributed by atoms with Gasteiger partial charge in [0, 0.05) is 39.7 Å². The van der Waals surface area contributed by atoms with Gasteiger partial charge in [0.2, 0.25) is 0 Å². The Kier molecular flexibility index (Phi) is 21.0. The number of unbranched alkanes of at least 4 members (excludes halogenated alkanes) is 2. The van der Waals surface area contributed by atoms with Crippen LogP contribution in [0.2, 0.25) is 0 Å². The quantitative estimate of drug-likeness (QED) is 0.107. The van der Waals surface area contributed by atoms with E-state index in [-0.39, 0.29) is 34.1 Å². The van der Waals surface area contributed by atoms with Crippen LogP contribution in [0.25, 0.3) is 0 Å². The van der Waals surface area contributed by atoms with E-state index in [0.29, 0.717) is 12.8 Å². The van der Waals surface area contributed by atoms with Crippen molar-refractivity contribution in [1.82, 2.24) is 9.80 Å². The van der Waals surface area contributed by atoms with Crippen molar-refractivity contribution < 1.29 is 39.2 Å². The first-order valence-corrected chi connectivity index (χ1v) is 13.8. The van der Waals surface area contributed by atoms with Crippen LogP contribution < -0.4 is 5.73 Å². The van der Waals surface area contributed by atoms with Gasteiger partial charge in [-0.1, -0.05) is 12.8 Å². The van der Waals surface area contributed by atoms with Gasteiger partial charge >= 0.3 is 0 Å². The standard InChI is InChI=1S/C24H39N3O.2C5H5.2Fe/c1-26(2)18-22-12-8-10-20(22)16-24(28,14-6-5-7-15-25)17-21-11-9-13-23(21)19-27(3)4;2*1-2-4-5-3-1;;/h8-13,28H,5-7,14-19,25H2,1-4H3;2*1-5H;;/q-6;2*-1;;. The van der Waals surface area contributed by atoms with Crippen molar-refractivity contribution in [3.05, 3.63) is 119 Å². The minimum Gasteiger partial charge on any atom is -0.747 e. The molecular weight excluding hydrogens is 578 g/mol. The summed E-state index contributed by atoms with van der Waals surface area (Å²) in [5.74, 6) is 0. The molecule has 0 atom stereocenters. The third-order valence-corrected chi connectivity index (χ3v) is 6.48. The molecule has 0 bridgehead atoms. The molecule has 0 radical (unpaired) electrons. The number of nitrogens with zero attached hydrogens (tertiary/aromatic N) is 2. The maximum Gasteiger partial charge on any atom is 0.0385 e. The summed E-state index contributed by atoms with van der Waals surface area (Å²) in [6.07, 6.45) is 5.35. The molecule has 0 fully saturated rings. The summed E-state index contributed by atoms with van der Waals surface area (Å²) >= 11 is 0. The maximum absolute atomic E-state index is 11.7. The SMILES string of the molecule is CN(C)C[c-]1cccc1CC(O)(CCCCCN)C[c-]1[cH-][cH-][cH-][c-]1CN(C)C.[Fe].[Fe].c1cc[cH-]c1.c1cc[cH-]c1. The van der Waals surface area contributed by atoms with Gasteiger partial charge in [-0.3, -0.25) is 0 Å². The molecule has 40 heavy (non-hydrogen) atoms. The molecule has 0 heterocycles. The zero-order chi connectivity index (χ0) is 27.6. The second-order valence-corrected chi connectivity index (χ2v) is 10.7. The predicted octanol–water partition coefficient (Wildman–Crippen LogP) is 6.09. The minimum atomic E-state index is -0.723. The average Bonchev–Trinajstić information content (AvgIpc) is 3.68. The molecule has 0 spiro atoms. The van der Waals surface area contributed by atoms with Gasteiger partial charge in [-0.2, -0.15) is 61.0 Å². The fourth-order valence-corrected chi connectivity index (χ4v) is 4.69. The Morgan fingerprint density at radius 2 is 1.38 bits per heavy atom. The average molecular weight is 627 g/mol. The summed E-state index contributed by atoms with van der Waals surface area (Å²) in [5, 5.41) is 11.7. The van der Waals surface area contributed by atoms with Crippen LogP contribution in [0, 0.1) is 0 Å². The van der Waals surface area contributed by atoms with Crippen molar-refractivity contribution in [2.75, 3.05) is 34.7 Å². The van der Waals surface area contributed by atoms with E-state index < -0.39 is 5.60 Å². The molecule has 4 aromatic carbocycles. The Hall–Kier alpha value is -1.72. The molecule has 4 aromatic rings. The molecule has 0 saturated carbocycles. The normalized spacial score (nSPS) is 11.9. The Labute approximate surface area is 265 Å². The molecule has 0 aliphatic carbocycles. The molecule has 0 amide bonds. The fraction of sp³-hybridized carbons (Fsp3) is 0.412. The van der Waals surface area contributed by atoms with Gasteiger partial charge in [-0.05, 0) is 60.5 Å². The molecule has 6 heteroatoms. The summed E-state index contributed by atoms with van der Waals surface area (Å²) in [7, 11) is 8.36. The Balaban J connectivity index is 0.00000105. The van der Waals surface area contributed by atoms with Gasteiger partial charge in [0.05, 0.1) is 0 Å². The van der Waals surface area contributed by atoms with Crippen molar-refractivity contribution in [2.45, 2.75) is 57.2 Å². The summed E-state index contributed by atoms with van der Waals surface area (Å²) in [6.45, 7) is 2.55. The zero-order valence-electron chi connectivity index (χ0n) is 24.7. The Morgan fingerprint density at radius 3 is 1.88 bits per heavy atom. The number of hydrogen-bond donors (Lipinski definition) is 2. The zero-order valence-corrected chi connectivity index (χ0v) is 26.9. The van der Waals surface area contributed by atoms with Crippen LogP contribution in [0.4, 0.5) is 0 Å². The van der Waals surface area contributed by atoms with E-state index in [1.807, 2.05) is 60.7 Å². The van der Waals surface area contributed by atoms with Crippen molar-refractivity contribution in [1.29, 1.82) is 0 Å². The second-order valence-electron chi connectivity index (χ2n) is 10.7. The largest absolute Gasteiger partial charge is 0.747 e. The smallest absolute Gasteiger partial charge is 0.0385 e. The van der Waals surface area contributed by atoms with Gasteiger partial charge in [-0.25, -0.2) is 36.4 Å². The van der Waals surface area contributed by atoms with Gasteiger partial charge in [-0.15, -0.1) is 5.56 Å². The molecule has 3 N–H and O–H groups in total. The van der Waals surface area contributed by atoms with Crippen LogP contribution in [0.1, 0.15) is 47.9 Å². The van der Waals surface area contributed by atoms with Crippen LogP contribution in [0.5, 0.6) is 0 Å². The second kappa shape index (κ2) is 22.0. The summed E-state index contributed by atoms with van der Waals surface area (Å²) in [5.41, 5.74) is 10.1. The first-order chi connectivity index (χ1) is 18.3. The molecular formula is C34H49Fe2N3O-8. The third-order valence-electron chi connectivity index (χ3n) is 6.48. The van der Waals surface area contributed by atoms with Crippen LogP contribution in [0.15, 0.2) is 97.1 Å². The topological polar surface area (TPSA) is 52.7 Å². The first kappa shape index (κ1) is 38.3. The van der Waals surface area contributed by atoms with Crippen LogP contribution in [-0.2, 0) is 60.1 Å². The van der Waals surface area contributed by atoms with Crippen molar-refractivity contribution in [3.8, 4) is 0 Å². The van der Waals surface area contributed by atoms with E-state index in [9.17, 15) is 5.11 Å². The molecule has 4 rings (SSSR count). The van der Waals surface area contributed by atoms with Crippen molar-refractivity contribution in [3.63, 3.8) is 0 Å². The molecule has 0 aliphatic rings. The van der Waals surface area contributed by atoms with E-state index in [2.05, 4.69) is 74.4 Å². The summed E-state index contributed by atoms with van der Waals surface area (Å²) in [6, 6.07) is 32.9. The predicted molar refractivity (Wildman–Crippen MR) is 163 cm³/mol. The summed E-state index contributed by atoms with van der Waals surface area (Å²) < 4.78 is 0. The van der Waals surface area contributed by atoms with Gasteiger partial charge in [0.1, 0.15) is 0 Å². The van der Waals surface area contributed by atoms with Gasteiger partial charge in [0.25, 0.3) is 0 Å². The van der Waals surface area contributed by atoms with Gasteiger partial charge < -0.3 is 50.0 Å². The summed E-state index contributed by atoms with van der Waals surface area (Å²) in [4.78, 5) is 4.37. The molecule has 4 nitrogen and oxygen atoms in total. The van der Waals surface area contributed by atoms with Crippen molar-refractivity contribution >= 4 is 0 Å². The van der Waals surface area contributed by atoms with E-state index in [1.165, 1.54) is 22.3 Å². The Morgan fingerprint density at radius 1 is 0.800 bits per heavy atom. The number of aliphatic hydroxyl groups is 1. The van der Waals surface area contributed by atoms with E-state index in [0.717, 1.165) is 45.3 Å². The first-order valence-electron chi connectivity index (χ1n) is 13.8. The molecule has 230 valence electrons. The molecule has 0 unspecified atom stereocenters. The number of nitrogens with two attached hydrogens (primary N) is 1. The monoisotopic (exact) mass is 627 g/mol. The van der Waals surface area contributed by atoms with Crippen molar-refractivity contribution in [2.24, 2.45) is 5.73 Å². The Bertz CT molecular complexity index is 938.